The van der Waals surface area contributed by atoms with Crippen molar-refractivity contribution in [3.05, 3.63) is 46.9 Å². The van der Waals surface area contributed by atoms with Gasteiger partial charge in [0.05, 0.1) is 11.4 Å². The van der Waals surface area contributed by atoms with Crippen molar-refractivity contribution in [3.63, 3.8) is 0 Å². The predicted octanol–water partition coefficient (Wildman–Crippen LogP) is 2.67. The predicted molar refractivity (Wildman–Crippen MR) is 78.9 cm³/mol. The van der Waals surface area contributed by atoms with Crippen LogP contribution in [0, 0.1) is 13.8 Å². The molecule has 0 saturated heterocycles. The molecule has 2 aromatic rings. The van der Waals surface area contributed by atoms with Gasteiger partial charge in [-0.1, -0.05) is 17.7 Å². The lowest BCUT2D eigenvalue weighted by atomic mass is 10.2. The highest BCUT2D eigenvalue weighted by Gasteiger charge is 2.15. The fourth-order valence-corrected chi connectivity index (χ4v) is 2.71. The number of hydrogen-bond donors (Lipinski definition) is 2. The van der Waals surface area contributed by atoms with Crippen LogP contribution in [-0.4, -0.2) is 21.0 Å². The van der Waals surface area contributed by atoms with Gasteiger partial charge in [-0.2, -0.15) is 0 Å². The molecule has 0 aliphatic carbocycles. The van der Waals surface area contributed by atoms with E-state index in [1.165, 1.54) is 5.56 Å². The molecular weight excluding hydrogens is 274 g/mol. The number of anilines is 1. The number of thioether (sulfide) groups is 1. The van der Waals surface area contributed by atoms with E-state index in [4.69, 9.17) is 10.8 Å². The molecule has 2 rings (SSSR count). The lowest BCUT2D eigenvalue weighted by Gasteiger charge is -2.07. The van der Waals surface area contributed by atoms with Gasteiger partial charge in [-0.25, -0.2) is 14.8 Å². The molecule has 0 saturated carbocycles. The first-order chi connectivity index (χ1) is 9.47. The standard InChI is InChI=1S/C14H15N3O2S/c1-8-4-3-5-10(6-8)20-7-11-16-9(2)12(14(18)19)13(15)17-11/h3-6H,7H2,1-2H3,(H,18,19)(H2,15,16,17). The molecule has 0 fully saturated rings. The van der Waals surface area contributed by atoms with Gasteiger partial charge in [-0.15, -0.1) is 11.8 Å². The zero-order valence-electron chi connectivity index (χ0n) is 11.3. The normalized spacial score (nSPS) is 10.5. The maximum absolute atomic E-state index is 11.0. The Balaban J connectivity index is 2.17. The first-order valence-electron chi connectivity index (χ1n) is 6.03. The Hall–Kier alpha value is -2.08. The van der Waals surface area contributed by atoms with Crippen LogP contribution in [0.25, 0.3) is 0 Å². The fourth-order valence-electron chi connectivity index (χ4n) is 1.84. The molecule has 20 heavy (non-hydrogen) atoms. The van der Waals surface area contributed by atoms with Gasteiger partial charge >= 0.3 is 5.97 Å². The average molecular weight is 289 g/mol. The van der Waals surface area contributed by atoms with Crippen molar-refractivity contribution in [1.82, 2.24) is 9.97 Å². The van der Waals surface area contributed by atoms with Crippen LogP contribution in [0.3, 0.4) is 0 Å². The van der Waals surface area contributed by atoms with Gasteiger partial charge in [-0.05, 0) is 26.0 Å². The topological polar surface area (TPSA) is 89.1 Å². The summed E-state index contributed by atoms with van der Waals surface area (Å²) in [5, 5.41) is 9.01. The van der Waals surface area contributed by atoms with E-state index in [1.807, 2.05) is 25.1 Å². The number of aryl methyl sites for hydroxylation is 2. The third-order valence-electron chi connectivity index (χ3n) is 2.74. The van der Waals surface area contributed by atoms with E-state index >= 15 is 0 Å². The number of nitrogens with zero attached hydrogens (tertiary/aromatic N) is 2. The highest BCUT2D eigenvalue weighted by atomic mass is 32.2. The molecule has 6 heteroatoms. The second-order valence-corrected chi connectivity index (χ2v) is 5.44. The van der Waals surface area contributed by atoms with Crippen molar-refractivity contribution in [3.8, 4) is 0 Å². The van der Waals surface area contributed by atoms with Crippen molar-refractivity contribution in [2.45, 2.75) is 24.5 Å². The first kappa shape index (κ1) is 14.3. The minimum Gasteiger partial charge on any atom is -0.477 e. The number of carbonyl (C=O) groups is 1. The Morgan fingerprint density at radius 3 is 2.70 bits per heavy atom. The van der Waals surface area contributed by atoms with Crippen molar-refractivity contribution in [2.24, 2.45) is 0 Å². The van der Waals surface area contributed by atoms with E-state index < -0.39 is 5.97 Å². The molecule has 0 aliphatic rings. The van der Waals surface area contributed by atoms with Crippen LogP contribution in [-0.2, 0) is 5.75 Å². The van der Waals surface area contributed by atoms with E-state index in [2.05, 4.69) is 16.0 Å². The van der Waals surface area contributed by atoms with E-state index in [-0.39, 0.29) is 11.4 Å². The number of carboxylic acid groups (broad SMARTS) is 1. The molecular formula is C14H15N3O2S. The summed E-state index contributed by atoms with van der Waals surface area (Å²) in [6, 6.07) is 8.11. The minimum atomic E-state index is -1.10. The van der Waals surface area contributed by atoms with Crippen LogP contribution >= 0.6 is 11.8 Å². The second kappa shape index (κ2) is 5.92. The zero-order chi connectivity index (χ0) is 14.7. The fraction of sp³-hybridized carbons (Fsp3) is 0.214. The summed E-state index contributed by atoms with van der Waals surface area (Å²) >= 11 is 1.59. The summed E-state index contributed by atoms with van der Waals surface area (Å²) in [5.74, 6) is 0.00762. The molecule has 1 aromatic carbocycles. The quantitative estimate of drug-likeness (QED) is 0.841. The van der Waals surface area contributed by atoms with Crippen LogP contribution in [0.5, 0.6) is 0 Å². The number of aromatic nitrogens is 2. The Morgan fingerprint density at radius 1 is 1.35 bits per heavy atom. The maximum Gasteiger partial charge on any atom is 0.341 e. The Bertz CT molecular complexity index is 636. The number of benzene rings is 1. The van der Waals surface area contributed by atoms with Gasteiger partial charge < -0.3 is 10.8 Å². The molecule has 1 aromatic heterocycles. The number of aromatic carboxylic acids is 1. The Kier molecular flexibility index (Phi) is 4.24. The highest BCUT2D eigenvalue weighted by Crippen LogP contribution is 2.23. The van der Waals surface area contributed by atoms with E-state index in [0.29, 0.717) is 17.3 Å². The largest absolute Gasteiger partial charge is 0.477 e. The van der Waals surface area contributed by atoms with E-state index in [9.17, 15) is 4.79 Å². The van der Waals surface area contributed by atoms with E-state index in [0.717, 1.165) is 4.90 Å². The molecule has 0 spiro atoms. The van der Waals surface area contributed by atoms with Gasteiger partial charge in [0.1, 0.15) is 17.2 Å². The van der Waals surface area contributed by atoms with Crippen LogP contribution in [0.15, 0.2) is 29.2 Å². The van der Waals surface area contributed by atoms with Gasteiger partial charge in [0, 0.05) is 4.90 Å². The zero-order valence-corrected chi connectivity index (χ0v) is 12.1. The summed E-state index contributed by atoms with van der Waals surface area (Å²) in [6.07, 6.45) is 0. The second-order valence-electron chi connectivity index (χ2n) is 4.40. The highest BCUT2D eigenvalue weighted by molar-refractivity contribution is 7.98. The molecule has 0 unspecified atom stereocenters. The molecule has 0 amide bonds. The Morgan fingerprint density at radius 2 is 2.10 bits per heavy atom. The van der Waals surface area contributed by atoms with E-state index in [1.54, 1.807) is 18.7 Å². The number of carboxylic acids is 1. The van der Waals surface area contributed by atoms with Crippen molar-refractivity contribution < 1.29 is 9.90 Å². The van der Waals surface area contributed by atoms with Crippen molar-refractivity contribution in [1.29, 1.82) is 0 Å². The SMILES string of the molecule is Cc1cccc(SCc2nc(C)c(C(=O)O)c(N)n2)c1. The number of hydrogen-bond acceptors (Lipinski definition) is 5. The molecule has 5 nitrogen and oxygen atoms in total. The molecule has 0 bridgehead atoms. The van der Waals surface area contributed by atoms with Gasteiger partial charge in [0.25, 0.3) is 0 Å². The van der Waals surface area contributed by atoms with Crippen molar-refractivity contribution >= 4 is 23.5 Å². The molecule has 0 atom stereocenters. The molecule has 1 heterocycles. The van der Waals surface area contributed by atoms with Gasteiger partial charge in [-0.3, -0.25) is 0 Å². The Labute approximate surface area is 121 Å². The van der Waals surface area contributed by atoms with Gasteiger partial charge in [0.15, 0.2) is 0 Å². The minimum absolute atomic E-state index is 0.0184. The number of rotatable bonds is 4. The summed E-state index contributed by atoms with van der Waals surface area (Å²) in [5.41, 5.74) is 7.24. The third kappa shape index (κ3) is 3.27. The van der Waals surface area contributed by atoms with Crippen LogP contribution in [0.4, 0.5) is 5.82 Å². The lowest BCUT2D eigenvalue weighted by Crippen LogP contribution is -2.11. The summed E-state index contributed by atoms with van der Waals surface area (Å²) in [4.78, 5) is 20.4. The molecule has 0 aliphatic heterocycles. The molecule has 0 radical (unpaired) electrons. The summed E-state index contributed by atoms with van der Waals surface area (Å²) < 4.78 is 0. The van der Waals surface area contributed by atoms with Crippen LogP contribution in [0.2, 0.25) is 0 Å². The third-order valence-corrected chi connectivity index (χ3v) is 3.73. The average Bonchev–Trinajstić information content (AvgIpc) is 2.35. The number of nitrogens with two attached hydrogens (primary N) is 1. The van der Waals surface area contributed by atoms with Crippen molar-refractivity contribution in [2.75, 3.05) is 5.73 Å². The maximum atomic E-state index is 11.0. The summed E-state index contributed by atoms with van der Waals surface area (Å²) in [6.45, 7) is 3.66. The smallest absolute Gasteiger partial charge is 0.341 e. The summed E-state index contributed by atoms with van der Waals surface area (Å²) in [7, 11) is 0. The molecule has 3 N–H and O–H groups in total. The van der Waals surface area contributed by atoms with Crippen LogP contribution in [0.1, 0.15) is 27.4 Å². The monoisotopic (exact) mass is 289 g/mol. The number of nitrogen functional groups attached to an aromatic ring is 1. The first-order valence-corrected chi connectivity index (χ1v) is 7.01. The van der Waals surface area contributed by atoms with Crippen LogP contribution < -0.4 is 5.73 Å². The van der Waals surface area contributed by atoms with Gasteiger partial charge in [0.2, 0.25) is 0 Å². The molecule has 104 valence electrons. The lowest BCUT2D eigenvalue weighted by molar-refractivity contribution is 0.0696.